The van der Waals surface area contributed by atoms with Crippen molar-refractivity contribution < 1.29 is 9.13 Å². The van der Waals surface area contributed by atoms with Crippen LogP contribution < -0.4 is 10.2 Å². The van der Waals surface area contributed by atoms with Gasteiger partial charge in [-0.2, -0.15) is 0 Å². The third kappa shape index (κ3) is 3.66. The molecule has 2 heterocycles. The highest BCUT2D eigenvalue weighted by Gasteiger charge is 2.13. The quantitative estimate of drug-likeness (QED) is 0.933. The Hall–Kier alpha value is -2.21. The van der Waals surface area contributed by atoms with Gasteiger partial charge < -0.3 is 15.0 Å². The van der Waals surface area contributed by atoms with Crippen LogP contribution in [-0.2, 0) is 11.3 Å². The van der Waals surface area contributed by atoms with E-state index in [-0.39, 0.29) is 5.82 Å². The number of nitrogens with one attached hydrogen (secondary N) is 1. The number of halogens is 1. The summed E-state index contributed by atoms with van der Waals surface area (Å²) in [5.41, 5.74) is 1.85. The molecule has 0 saturated carbocycles. The standard InChI is InChI=1S/C15H17FN4O/c16-13-3-1-12(2-4-13)9-17-14-10-18-15(19-11-14)20-5-7-21-8-6-20/h1-4,10-11,17H,5-9H2. The Balaban J connectivity index is 1.57. The van der Waals surface area contributed by atoms with Gasteiger partial charge in [0.1, 0.15) is 5.82 Å². The molecular formula is C15H17FN4O. The van der Waals surface area contributed by atoms with E-state index in [0.717, 1.165) is 30.3 Å². The van der Waals surface area contributed by atoms with E-state index >= 15 is 0 Å². The Morgan fingerprint density at radius 1 is 1.10 bits per heavy atom. The van der Waals surface area contributed by atoms with E-state index in [0.29, 0.717) is 19.8 Å². The lowest BCUT2D eigenvalue weighted by molar-refractivity contribution is 0.122. The minimum atomic E-state index is -0.225. The number of hydrogen-bond acceptors (Lipinski definition) is 5. The fourth-order valence-corrected chi connectivity index (χ4v) is 2.15. The zero-order valence-electron chi connectivity index (χ0n) is 11.6. The van der Waals surface area contributed by atoms with Crippen molar-refractivity contribution in [3.8, 4) is 0 Å². The molecule has 1 fully saturated rings. The molecule has 1 saturated heterocycles. The van der Waals surface area contributed by atoms with E-state index < -0.39 is 0 Å². The van der Waals surface area contributed by atoms with Crippen LogP contribution in [0.4, 0.5) is 16.0 Å². The second kappa shape index (κ2) is 6.49. The molecule has 3 rings (SSSR count). The van der Waals surface area contributed by atoms with Gasteiger partial charge in [-0.3, -0.25) is 0 Å². The van der Waals surface area contributed by atoms with Crippen molar-refractivity contribution in [3.63, 3.8) is 0 Å². The first-order valence-electron chi connectivity index (χ1n) is 6.94. The summed E-state index contributed by atoms with van der Waals surface area (Å²) in [7, 11) is 0. The second-order valence-electron chi connectivity index (χ2n) is 4.85. The Labute approximate surface area is 122 Å². The molecule has 0 amide bonds. The molecule has 0 bridgehead atoms. The van der Waals surface area contributed by atoms with Crippen LogP contribution in [-0.4, -0.2) is 36.3 Å². The van der Waals surface area contributed by atoms with E-state index in [1.807, 2.05) is 0 Å². The van der Waals surface area contributed by atoms with Crippen LogP contribution in [0.3, 0.4) is 0 Å². The number of aromatic nitrogens is 2. The van der Waals surface area contributed by atoms with Crippen LogP contribution in [0.5, 0.6) is 0 Å². The molecular weight excluding hydrogens is 271 g/mol. The summed E-state index contributed by atoms with van der Waals surface area (Å²) < 4.78 is 18.1. The second-order valence-corrected chi connectivity index (χ2v) is 4.85. The summed E-state index contributed by atoms with van der Waals surface area (Å²) in [4.78, 5) is 10.8. The summed E-state index contributed by atoms with van der Waals surface area (Å²) in [6, 6.07) is 6.42. The minimum absolute atomic E-state index is 0.225. The predicted octanol–water partition coefficient (Wildman–Crippen LogP) is 2.06. The van der Waals surface area contributed by atoms with Crippen molar-refractivity contribution in [2.75, 3.05) is 36.5 Å². The van der Waals surface area contributed by atoms with Gasteiger partial charge in [0.2, 0.25) is 5.95 Å². The number of ether oxygens (including phenoxy) is 1. The number of hydrogen-bond donors (Lipinski definition) is 1. The first kappa shape index (κ1) is 13.8. The lowest BCUT2D eigenvalue weighted by Crippen LogP contribution is -2.37. The van der Waals surface area contributed by atoms with Crippen LogP contribution in [0, 0.1) is 5.82 Å². The summed E-state index contributed by atoms with van der Waals surface area (Å²) in [6.07, 6.45) is 3.53. The fraction of sp³-hybridized carbons (Fsp3) is 0.333. The smallest absolute Gasteiger partial charge is 0.225 e. The van der Waals surface area contributed by atoms with E-state index in [4.69, 9.17) is 4.74 Å². The van der Waals surface area contributed by atoms with Crippen molar-refractivity contribution >= 4 is 11.6 Å². The van der Waals surface area contributed by atoms with Crippen LogP contribution in [0.1, 0.15) is 5.56 Å². The summed E-state index contributed by atoms with van der Waals surface area (Å²) in [5.74, 6) is 0.502. The molecule has 1 aliphatic heterocycles. The van der Waals surface area contributed by atoms with Gasteiger partial charge in [-0.1, -0.05) is 12.1 Å². The number of benzene rings is 1. The van der Waals surface area contributed by atoms with Crippen molar-refractivity contribution in [2.45, 2.75) is 6.54 Å². The first-order valence-corrected chi connectivity index (χ1v) is 6.94. The Morgan fingerprint density at radius 2 is 1.76 bits per heavy atom. The summed E-state index contributed by atoms with van der Waals surface area (Å²) in [5, 5.41) is 3.22. The van der Waals surface area contributed by atoms with Crippen molar-refractivity contribution in [3.05, 3.63) is 48.0 Å². The minimum Gasteiger partial charge on any atom is -0.378 e. The number of anilines is 2. The highest BCUT2D eigenvalue weighted by molar-refractivity contribution is 5.43. The van der Waals surface area contributed by atoms with Crippen LogP contribution in [0.25, 0.3) is 0 Å². The Morgan fingerprint density at radius 3 is 2.43 bits per heavy atom. The largest absolute Gasteiger partial charge is 0.378 e. The molecule has 0 atom stereocenters. The van der Waals surface area contributed by atoms with E-state index in [2.05, 4.69) is 20.2 Å². The highest BCUT2D eigenvalue weighted by atomic mass is 19.1. The predicted molar refractivity (Wildman–Crippen MR) is 78.8 cm³/mol. The van der Waals surface area contributed by atoms with Crippen LogP contribution >= 0.6 is 0 Å². The molecule has 21 heavy (non-hydrogen) atoms. The average molecular weight is 288 g/mol. The van der Waals surface area contributed by atoms with Crippen molar-refractivity contribution in [1.82, 2.24) is 9.97 Å². The van der Waals surface area contributed by atoms with Gasteiger partial charge in [-0.05, 0) is 17.7 Å². The maximum Gasteiger partial charge on any atom is 0.225 e. The lowest BCUT2D eigenvalue weighted by Gasteiger charge is -2.26. The molecule has 110 valence electrons. The third-order valence-corrected chi connectivity index (χ3v) is 3.34. The van der Waals surface area contributed by atoms with Gasteiger partial charge in [0.15, 0.2) is 0 Å². The third-order valence-electron chi connectivity index (χ3n) is 3.34. The zero-order valence-corrected chi connectivity index (χ0v) is 11.6. The SMILES string of the molecule is Fc1ccc(CNc2cnc(N3CCOCC3)nc2)cc1. The Bertz CT molecular complexity index is 567. The molecule has 1 N–H and O–H groups in total. The first-order chi connectivity index (χ1) is 10.3. The molecule has 5 nitrogen and oxygen atoms in total. The maximum atomic E-state index is 12.8. The van der Waals surface area contributed by atoms with Crippen molar-refractivity contribution in [2.24, 2.45) is 0 Å². The van der Waals surface area contributed by atoms with Gasteiger partial charge in [0.25, 0.3) is 0 Å². The molecule has 6 heteroatoms. The monoisotopic (exact) mass is 288 g/mol. The van der Waals surface area contributed by atoms with Crippen LogP contribution in [0.15, 0.2) is 36.7 Å². The molecule has 1 aromatic carbocycles. The summed E-state index contributed by atoms with van der Waals surface area (Å²) in [6.45, 7) is 3.69. The number of morpholine rings is 1. The lowest BCUT2D eigenvalue weighted by atomic mass is 10.2. The van der Waals surface area contributed by atoms with Crippen molar-refractivity contribution in [1.29, 1.82) is 0 Å². The van der Waals surface area contributed by atoms with Crippen LogP contribution in [0.2, 0.25) is 0 Å². The molecule has 0 spiro atoms. The topological polar surface area (TPSA) is 50.3 Å². The number of rotatable bonds is 4. The Kier molecular flexibility index (Phi) is 4.25. The average Bonchev–Trinajstić information content (AvgIpc) is 2.56. The van der Waals surface area contributed by atoms with E-state index in [9.17, 15) is 4.39 Å². The van der Waals surface area contributed by atoms with Gasteiger partial charge in [-0.25, -0.2) is 14.4 Å². The van der Waals surface area contributed by atoms with Gasteiger partial charge in [0, 0.05) is 19.6 Å². The molecule has 1 aliphatic rings. The van der Waals surface area contributed by atoms with Gasteiger partial charge >= 0.3 is 0 Å². The van der Waals surface area contributed by atoms with E-state index in [1.165, 1.54) is 12.1 Å². The number of nitrogens with zero attached hydrogens (tertiary/aromatic N) is 3. The molecule has 1 aromatic heterocycles. The summed E-state index contributed by atoms with van der Waals surface area (Å²) >= 11 is 0. The fourth-order valence-electron chi connectivity index (χ4n) is 2.15. The maximum absolute atomic E-state index is 12.8. The van der Waals surface area contributed by atoms with E-state index in [1.54, 1.807) is 24.5 Å². The van der Waals surface area contributed by atoms with Gasteiger partial charge in [0.05, 0.1) is 31.3 Å². The molecule has 2 aromatic rings. The molecule has 0 radical (unpaired) electrons. The molecule has 0 aliphatic carbocycles. The van der Waals surface area contributed by atoms with Gasteiger partial charge in [-0.15, -0.1) is 0 Å². The normalized spacial score (nSPS) is 15.0. The zero-order chi connectivity index (χ0) is 14.5. The molecule has 0 unspecified atom stereocenters. The highest BCUT2D eigenvalue weighted by Crippen LogP contribution is 2.13.